The first kappa shape index (κ1) is 15.4. The van der Waals surface area contributed by atoms with E-state index >= 15 is 0 Å². The van der Waals surface area contributed by atoms with Gasteiger partial charge in [-0.05, 0) is 31.5 Å². The maximum atomic E-state index is 9.65. The van der Waals surface area contributed by atoms with Gasteiger partial charge in [0.05, 0.1) is 24.2 Å². The SMILES string of the molecule is CCN(c1cccc(C)c1)c1cnc(C(C)C)nc1CO. The van der Waals surface area contributed by atoms with Crippen molar-refractivity contribution in [2.24, 2.45) is 0 Å². The van der Waals surface area contributed by atoms with E-state index in [2.05, 4.69) is 46.9 Å². The first-order valence-electron chi connectivity index (χ1n) is 7.37. The Labute approximate surface area is 126 Å². The van der Waals surface area contributed by atoms with Crippen LogP contribution in [0.25, 0.3) is 0 Å². The van der Waals surface area contributed by atoms with Gasteiger partial charge in [0, 0.05) is 18.2 Å². The predicted octanol–water partition coefficient (Wildman–Crippen LogP) is 3.56. The number of nitrogens with zero attached hydrogens (tertiary/aromatic N) is 3. The van der Waals surface area contributed by atoms with Crippen molar-refractivity contribution in [2.45, 2.75) is 40.2 Å². The topological polar surface area (TPSA) is 49.2 Å². The van der Waals surface area contributed by atoms with Crippen molar-refractivity contribution in [3.8, 4) is 0 Å². The predicted molar refractivity (Wildman–Crippen MR) is 85.9 cm³/mol. The van der Waals surface area contributed by atoms with Crippen molar-refractivity contribution in [2.75, 3.05) is 11.4 Å². The summed E-state index contributed by atoms with van der Waals surface area (Å²) >= 11 is 0. The average molecular weight is 285 g/mol. The molecule has 1 aromatic heterocycles. The summed E-state index contributed by atoms with van der Waals surface area (Å²) in [4.78, 5) is 11.1. The molecule has 0 amide bonds. The molecule has 0 aliphatic heterocycles. The molecule has 112 valence electrons. The monoisotopic (exact) mass is 285 g/mol. The first-order chi connectivity index (χ1) is 10.1. The number of rotatable bonds is 5. The minimum absolute atomic E-state index is 0.0834. The summed E-state index contributed by atoms with van der Waals surface area (Å²) in [5.41, 5.74) is 3.84. The second-order valence-electron chi connectivity index (χ2n) is 5.46. The summed E-state index contributed by atoms with van der Waals surface area (Å²) in [7, 11) is 0. The Hall–Kier alpha value is -1.94. The second-order valence-corrected chi connectivity index (χ2v) is 5.46. The van der Waals surface area contributed by atoms with Crippen LogP contribution in [-0.4, -0.2) is 21.6 Å². The van der Waals surface area contributed by atoms with Crippen molar-refractivity contribution >= 4 is 11.4 Å². The van der Waals surface area contributed by atoms with Crippen molar-refractivity contribution in [3.63, 3.8) is 0 Å². The molecule has 2 rings (SSSR count). The lowest BCUT2D eigenvalue weighted by Gasteiger charge is -2.25. The Bertz CT molecular complexity index is 611. The molecular weight excluding hydrogens is 262 g/mol. The van der Waals surface area contributed by atoms with E-state index in [4.69, 9.17) is 0 Å². The van der Waals surface area contributed by atoms with Crippen LogP contribution in [0.4, 0.5) is 11.4 Å². The van der Waals surface area contributed by atoms with E-state index in [-0.39, 0.29) is 12.5 Å². The number of anilines is 2. The van der Waals surface area contributed by atoms with Gasteiger partial charge in [-0.25, -0.2) is 9.97 Å². The van der Waals surface area contributed by atoms with Gasteiger partial charge in [0.25, 0.3) is 0 Å². The highest BCUT2D eigenvalue weighted by Gasteiger charge is 2.15. The van der Waals surface area contributed by atoms with Crippen LogP contribution in [-0.2, 0) is 6.61 Å². The Morgan fingerprint density at radius 2 is 2.05 bits per heavy atom. The molecule has 0 saturated carbocycles. The number of aryl methyl sites for hydroxylation is 1. The van der Waals surface area contributed by atoms with Crippen molar-refractivity contribution < 1.29 is 5.11 Å². The van der Waals surface area contributed by atoms with Gasteiger partial charge in [-0.1, -0.05) is 26.0 Å². The molecule has 0 spiro atoms. The summed E-state index contributed by atoms with van der Waals surface area (Å²) < 4.78 is 0. The number of hydrogen-bond donors (Lipinski definition) is 1. The summed E-state index contributed by atoms with van der Waals surface area (Å²) in [6, 6.07) is 8.30. The third-order valence-corrected chi connectivity index (χ3v) is 3.45. The summed E-state index contributed by atoms with van der Waals surface area (Å²) in [6.07, 6.45) is 1.82. The molecule has 0 aliphatic rings. The highest BCUT2D eigenvalue weighted by molar-refractivity contribution is 5.64. The van der Waals surface area contributed by atoms with Gasteiger partial charge in [0.2, 0.25) is 0 Å². The fourth-order valence-corrected chi connectivity index (χ4v) is 2.33. The number of aliphatic hydroxyl groups is 1. The van der Waals surface area contributed by atoms with Crippen molar-refractivity contribution in [1.82, 2.24) is 9.97 Å². The highest BCUT2D eigenvalue weighted by atomic mass is 16.3. The molecule has 2 aromatic rings. The Morgan fingerprint density at radius 3 is 2.62 bits per heavy atom. The zero-order valence-electron chi connectivity index (χ0n) is 13.2. The van der Waals surface area contributed by atoms with E-state index in [1.807, 2.05) is 26.1 Å². The van der Waals surface area contributed by atoms with Gasteiger partial charge >= 0.3 is 0 Å². The third kappa shape index (κ3) is 3.39. The number of aromatic nitrogens is 2. The van der Waals surface area contributed by atoms with E-state index in [1.54, 1.807) is 0 Å². The lowest BCUT2D eigenvalue weighted by molar-refractivity contribution is 0.276. The quantitative estimate of drug-likeness (QED) is 0.912. The molecule has 1 N–H and O–H groups in total. The van der Waals surface area contributed by atoms with E-state index < -0.39 is 0 Å². The van der Waals surface area contributed by atoms with E-state index in [1.165, 1.54) is 5.56 Å². The molecule has 21 heavy (non-hydrogen) atoms. The van der Waals surface area contributed by atoms with Gasteiger partial charge in [-0.3, -0.25) is 0 Å². The van der Waals surface area contributed by atoms with E-state index in [9.17, 15) is 5.11 Å². The van der Waals surface area contributed by atoms with Gasteiger partial charge in [-0.15, -0.1) is 0 Å². The van der Waals surface area contributed by atoms with Crippen molar-refractivity contribution in [3.05, 3.63) is 47.5 Å². The summed E-state index contributed by atoms with van der Waals surface area (Å²) in [6.45, 7) is 8.96. The molecule has 4 heteroatoms. The van der Waals surface area contributed by atoms with Crippen LogP contribution < -0.4 is 4.90 Å². The van der Waals surface area contributed by atoms with Crippen LogP contribution in [0, 0.1) is 6.92 Å². The zero-order valence-corrected chi connectivity index (χ0v) is 13.2. The maximum Gasteiger partial charge on any atom is 0.131 e. The first-order valence-corrected chi connectivity index (χ1v) is 7.37. The Morgan fingerprint density at radius 1 is 1.29 bits per heavy atom. The molecule has 1 aromatic carbocycles. The molecule has 0 radical (unpaired) electrons. The smallest absolute Gasteiger partial charge is 0.131 e. The second kappa shape index (κ2) is 6.68. The summed E-state index contributed by atoms with van der Waals surface area (Å²) in [5.74, 6) is 1.02. The highest BCUT2D eigenvalue weighted by Crippen LogP contribution is 2.28. The molecule has 0 aliphatic carbocycles. The van der Waals surface area contributed by atoms with Crippen LogP contribution in [0.1, 0.15) is 43.8 Å². The largest absolute Gasteiger partial charge is 0.390 e. The molecule has 0 bridgehead atoms. The molecule has 0 fully saturated rings. The molecular formula is C17H23N3O. The fraction of sp³-hybridized carbons (Fsp3) is 0.412. The normalized spacial score (nSPS) is 11.0. The standard InChI is InChI=1S/C17H23N3O/c1-5-20(14-8-6-7-13(4)9-14)16-10-18-17(12(2)3)19-15(16)11-21/h6-10,12,21H,5,11H2,1-4H3. The van der Waals surface area contributed by atoms with Crippen LogP contribution in [0.5, 0.6) is 0 Å². The third-order valence-electron chi connectivity index (χ3n) is 3.45. The van der Waals surface area contributed by atoms with Crippen LogP contribution in [0.3, 0.4) is 0 Å². The maximum absolute atomic E-state index is 9.65. The molecule has 0 atom stereocenters. The number of aliphatic hydroxyl groups excluding tert-OH is 1. The molecule has 0 saturated heterocycles. The molecule has 0 unspecified atom stereocenters. The van der Waals surface area contributed by atoms with Gasteiger partial charge in [0.1, 0.15) is 5.82 Å². The lowest BCUT2D eigenvalue weighted by Crippen LogP contribution is -2.19. The summed E-state index contributed by atoms with van der Waals surface area (Å²) in [5, 5.41) is 9.65. The molecule has 4 nitrogen and oxygen atoms in total. The zero-order chi connectivity index (χ0) is 15.4. The van der Waals surface area contributed by atoms with E-state index in [0.29, 0.717) is 5.69 Å². The Balaban J connectivity index is 2.47. The molecule has 1 heterocycles. The minimum Gasteiger partial charge on any atom is -0.390 e. The number of hydrogen-bond acceptors (Lipinski definition) is 4. The van der Waals surface area contributed by atoms with Gasteiger partial charge < -0.3 is 10.0 Å². The van der Waals surface area contributed by atoms with Crippen molar-refractivity contribution in [1.29, 1.82) is 0 Å². The van der Waals surface area contributed by atoms with Gasteiger partial charge in [0.15, 0.2) is 0 Å². The Kier molecular flexibility index (Phi) is 4.91. The number of benzene rings is 1. The van der Waals surface area contributed by atoms with Crippen LogP contribution in [0.15, 0.2) is 30.5 Å². The van der Waals surface area contributed by atoms with E-state index in [0.717, 1.165) is 23.7 Å². The lowest BCUT2D eigenvalue weighted by atomic mass is 10.1. The average Bonchev–Trinajstić information content (AvgIpc) is 2.48. The fourth-order valence-electron chi connectivity index (χ4n) is 2.33. The minimum atomic E-state index is -0.0834. The van der Waals surface area contributed by atoms with Gasteiger partial charge in [-0.2, -0.15) is 0 Å². The van der Waals surface area contributed by atoms with Crippen LogP contribution in [0.2, 0.25) is 0 Å². The van der Waals surface area contributed by atoms with Crippen LogP contribution >= 0.6 is 0 Å².